The Morgan fingerprint density at radius 3 is 2.32 bits per heavy atom. The highest BCUT2D eigenvalue weighted by molar-refractivity contribution is 9.10. The molecule has 8 heteroatoms. The monoisotopic (exact) mass is 408 g/mol. The van der Waals surface area contributed by atoms with Crippen LogP contribution in [0.1, 0.15) is 5.56 Å². The number of hydrogen-bond acceptors (Lipinski definition) is 4. The molecule has 0 unspecified atom stereocenters. The lowest BCUT2D eigenvalue weighted by molar-refractivity contribution is -0.137. The molecule has 2 aromatic carbocycles. The summed E-state index contributed by atoms with van der Waals surface area (Å²) in [5, 5.41) is 2.94. The van der Waals surface area contributed by atoms with Gasteiger partial charge in [-0.25, -0.2) is 4.98 Å². The minimum Gasteiger partial charge on any atom is -0.368 e. The van der Waals surface area contributed by atoms with Gasteiger partial charge in [-0.05, 0) is 36.4 Å². The van der Waals surface area contributed by atoms with Gasteiger partial charge in [-0.1, -0.05) is 28.1 Å². The molecular weight excluding hydrogens is 397 g/mol. The van der Waals surface area contributed by atoms with Gasteiger partial charge in [-0.2, -0.15) is 18.2 Å². The topological polar surface area (TPSA) is 63.8 Å². The predicted octanol–water partition coefficient (Wildman–Crippen LogP) is 5.25. The average Bonchev–Trinajstić information content (AvgIpc) is 2.54. The molecule has 0 bridgehead atoms. The first-order chi connectivity index (χ1) is 11.8. The van der Waals surface area contributed by atoms with Gasteiger partial charge in [-0.3, -0.25) is 0 Å². The van der Waals surface area contributed by atoms with E-state index in [4.69, 9.17) is 5.73 Å². The van der Waals surface area contributed by atoms with Crippen LogP contribution in [-0.2, 0) is 6.18 Å². The molecule has 0 aliphatic rings. The second kappa shape index (κ2) is 6.72. The van der Waals surface area contributed by atoms with Crippen LogP contribution in [-0.4, -0.2) is 9.97 Å². The second-order valence-corrected chi connectivity index (χ2v) is 6.12. The number of anilines is 3. The summed E-state index contributed by atoms with van der Waals surface area (Å²) >= 11 is 3.39. The SMILES string of the molecule is Nc1nc(Nc2ccc(C(F)(F)F)cc2)cc(-c2cccc(Br)c2)n1. The molecule has 1 heterocycles. The fourth-order valence-electron chi connectivity index (χ4n) is 2.22. The third kappa shape index (κ3) is 4.27. The van der Waals surface area contributed by atoms with E-state index in [0.29, 0.717) is 17.2 Å². The van der Waals surface area contributed by atoms with Gasteiger partial charge in [0.2, 0.25) is 5.95 Å². The molecule has 0 radical (unpaired) electrons. The first-order valence-electron chi connectivity index (χ1n) is 7.16. The molecule has 3 rings (SSSR count). The Morgan fingerprint density at radius 2 is 1.68 bits per heavy atom. The third-order valence-electron chi connectivity index (χ3n) is 3.35. The molecule has 1 aromatic heterocycles. The molecule has 0 spiro atoms. The van der Waals surface area contributed by atoms with Gasteiger partial charge in [-0.15, -0.1) is 0 Å². The Balaban J connectivity index is 1.88. The quantitative estimate of drug-likeness (QED) is 0.620. The summed E-state index contributed by atoms with van der Waals surface area (Å²) in [5.74, 6) is 0.453. The van der Waals surface area contributed by atoms with Crippen LogP contribution in [0.15, 0.2) is 59.1 Å². The van der Waals surface area contributed by atoms with Crippen LogP contribution in [0, 0.1) is 0 Å². The van der Waals surface area contributed by atoms with E-state index < -0.39 is 11.7 Å². The van der Waals surface area contributed by atoms with Crippen LogP contribution in [0.2, 0.25) is 0 Å². The van der Waals surface area contributed by atoms with Crippen molar-refractivity contribution in [3.8, 4) is 11.3 Å². The van der Waals surface area contributed by atoms with Crippen molar-refractivity contribution in [3.63, 3.8) is 0 Å². The summed E-state index contributed by atoms with van der Waals surface area (Å²) < 4.78 is 38.7. The van der Waals surface area contributed by atoms with Crippen molar-refractivity contribution in [2.75, 3.05) is 11.1 Å². The molecule has 0 aliphatic carbocycles. The number of hydrogen-bond donors (Lipinski definition) is 2. The number of rotatable bonds is 3. The number of alkyl halides is 3. The predicted molar refractivity (Wildman–Crippen MR) is 94.3 cm³/mol. The van der Waals surface area contributed by atoms with Crippen LogP contribution in [0.4, 0.5) is 30.6 Å². The summed E-state index contributed by atoms with van der Waals surface area (Å²) in [7, 11) is 0. The molecular formula is C17H12BrF3N4. The molecule has 3 N–H and O–H groups in total. The molecule has 3 aromatic rings. The third-order valence-corrected chi connectivity index (χ3v) is 3.84. The zero-order valence-electron chi connectivity index (χ0n) is 12.7. The van der Waals surface area contributed by atoms with Gasteiger partial charge < -0.3 is 11.1 Å². The van der Waals surface area contributed by atoms with Crippen molar-refractivity contribution in [2.45, 2.75) is 6.18 Å². The molecule has 0 saturated carbocycles. The van der Waals surface area contributed by atoms with Crippen molar-refractivity contribution >= 4 is 33.4 Å². The Labute approximate surface area is 150 Å². The lowest BCUT2D eigenvalue weighted by Crippen LogP contribution is -2.05. The van der Waals surface area contributed by atoms with Gasteiger partial charge in [0.15, 0.2) is 0 Å². The average molecular weight is 409 g/mol. The van der Waals surface area contributed by atoms with E-state index >= 15 is 0 Å². The van der Waals surface area contributed by atoms with Crippen LogP contribution in [0.3, 0.4) is 0 Å². The molecule has 25 heavy (non-hydrogen) atoms. The number of benzene rings is 2. The van der Waals surface area contributed by atoms with Crippen LogP contribution in [0.5, 0.6) is 0 Å². The highest BCUT2D eigenvalue weighted by Gasteiger charge is 2.29. The summed E-state index contributed by atoms with van der Waals surface area (Å²) in [6.07, 6.45) is -4.37. The second-order valence-electron chi connectivity index (χ2n) is 5.21. The first kappa shape index (κ1) is 17.2. The largest absolute Gasteiger partial charge is 0.416 e. The molecule has 0 saturated heterocycles. The summed E-state index contributed by atoms with van der Waals surface area (Å²) in [6.45, 7) is 0. The minimum atomic E-state index is -4.37. The summed E-state index contributed by atoms with van der Waals surface area (Å²) in [5.41, 5.74) is 6.93. The van der Waals surface area contributed by atoms with Gasteiger partial charge in [0.05, 0.1) is 11.3 Å². The van der Waals surface area contributed by atoms with Crippen molar-refractivity contribution in [3.05, 3.63) is 64.6 Å². The van der Waals surface area contributed by atoms with E-state index in [0.717, 1.165) is 22.2 Å². The highest BCUT2D eigenvalue weighted by atomic mass is 79.9. The summed E-state index contributed by atoms with van der Waals surface area (Å²) in [6, 6.07) is 13.8. The smallest absolute Gasteiger partial charge is 0.368 e. The van der Waals surface area contributed by atoms with Crippen molar-refractivity contribution in [1.29, 1.82) is 0 Å². The van der Waals surface area contributed by atoms with E-state index in [-0.39, 0.29) is 5.95 Å². The normalized spacial score (nSPS) is 11.4. The number of nitrogens with zero attached hydrogens (tertiary/aromatic N) is 2. The standard InChI is InChI=1S/C17H12BrF3N4/c18-12-3-1-2-10(8-12)14-9-15(25-16(22)24-14)23-13-6-4-11(5-7-13)17(19,20)21/h1-9H,(H3,22,23,24,25). The van der Waals surface area contributed by atoms with Crippen LogP contribution in [0.25, 0.3) is 11.3 Å². The highest BCUT2D eigenvalue weighted by Crippen LogP contribution is 2.30. The number of nitrogens with one attached hydrogen (secondary N) is 1. The molecule has 0 amide bonds. The maximum atomic E-state index is 12.6. The van der Waals surface area contributed by atoms with Crippen LogP contribution < -0.4 is 11.1 Å². The lowest BCUT2D eigenvalue weighted by Gasteiger charge is -2.10. The van der Waals surface area contributed by atoms with E-state index in [9.17, 15) is 13.2 Å². The van der Waals surface area contributed by atoms with E-state index in [2.05, 4.69) is 31.2 Å². The molecule has 128 valence electrons. The fraction of sp³-hybridized carbons (Fsp3) is 0.0588. The van der Waals surface area contributed by atoms with E-state index in [1.165, 1.54) is 12.1 Å². The van der Waals surface area contributed by atoms with Crippen molar-refractivity contribution < 1.29 is 13.2 Å². The van der Waals surface area contributed by atoms with Crippen molar-refractivity contribution in [1.82, 2.24) is 9.97 Å². The first-order valence-corrected chi connectivity index (χ1v) is 7.95. The summed E-state index contributed by atoms with van der Waals surface area (Å²) in [4.78, 5) is 8.26. The van der Waals surface area contributed by atoms with Crippen LogP contribution >= 0.6 is 15.9 Å². The molecule has 0 fully saturated rings. The van der Waals surface area contributed by atoms with Gasteiger partial charge in [0.25, 0.3) is 0 Å². The number of nitrogens with two attached hydrogens (primary N) is 1. The maximum absolute atomic E-state index is 12.6. The Hall–Kier alpha value is -2.61. The number of aromatic nitrogens is 2. The van der Waals surface area contributed by atoms with E-state index in [1.54, 1.807) is 6.07 Å². The van der Waals surface area contributed by atoms with Crippen molar-refractivity contribution in [2.24, 2.45) is 0 Å². The Bertz CT molecular complexity index is 895. The lowest BCUT2D eigenvalue weighted by atomic mass is 10.1. The zero-order valence-corrected chi connectivity index (χ0v) is 14.3. The van der Waals surface area contributed by atoms with Gasteiger partial charge >= 0.3 is 6.18 Å². The zero-order chi connectivity index (χ0) is 18.0. The van der Waals surface area contributed by atoms with E-state index in [1.807, 2.05) is 24.3 Å². The number of nitrogen functional groups attached to an aromatic ring is 1. The fourth-order valence-corrected chi connectivity index (χ4v) is 2.62. The maximum Gasteiger partial charge on any atom is 0.416 e. The Kier molecular flexibility index (Phi) is 4.63. The Morgan fingerprint density at radius 1 is 0.960 bits per heavy atom. The molecule has 4 nitrogen and oxygen atoms in total. The minimum absolute atomic E-state index is 0.0619. The van der Waals surface area contributed by atoms with Gasteiger partial charge in [0.1, 0.15) is 5.82 Å². The molecule has 0 atom stereocenters. The number of halogens is 4. The van der Waals surface area contributed by atoms with Gasteiger partial charge in [0, 0.05) is 21.8 Å². The molecule has 0 aliphatic heterocycles.